The third-order valence-electron chi connectivity index (χ3n) is 9.27. The minimum absolute atomic E-state index is 0.0344. The molecule has 1 saturated carbocycles. The number of amides is 2. The van der Waals surface area contributed by atoms with Gasteiger partial charge >= 0.3 is 12.3 Å². The summed E-state index contributed by atoms with van der Waals surface area (Å²) in [4.78, 5) is 29.3. The molecule has 0 bridgehead atoms. The zero-order valence-corrected chi connectivity index (χ0v) is 26.9. The highest BCUT2D eigenvalue weighted by atomic mass is 19.4. The fourth-order valence-electron chi connectivity index (χ4n) is 7.32. The van der Waals surface area contributed by atoms with Gasteiger partial charge in [0.2, 0.25) is 0 Å². The van der Waals surface area contributed by atoms with Gasteiger partial charge in [-0.05, 0) is 80.5 Å². The lowest BCUT2D eigenvalue weighted by molar-refractivity contribution is -0.138. The monoisotopic (exact) mass is 647 g/mol. The molecule has 0 unspecified atom stereocenters. The first-order valence-corrected chi connectivity index (χ1v) is 15.6. The normalized spacial score (nSPS) is 20.8. The third kappa shape index (κ3) is 5.44. The lowest BCUT2D eigenvalue weighted by Gasteiger charge is -2.46. The van der Waals surface area contributed by atoms with Crippen LogP contribution in [0.1, 0.15) is 90.2 Å². The van der Waals surface area contributed by atoms with Gasteiger partial charge in [0.15, 0.2) is 0 Å². The predicted molar refractivity (Wildman–Crippen MR) is 165 cm³/mol. The Balaban J connectivity index is 1.15. The van der Waals surface area contributed by atoms with Crippen molar-refractivity contribution >= 4 is 17.7 Å². The minimum Gasteiger partial charge on any atom is -0.444 e. The summed E-state index contributed by atoms with van der Waals surface area (Å²) in [5.41, 5.74) is 1.44. The first kappa shape index (κ1) is 30.9. The number of ether oxygens (including phenoxy) is 1. The third-order valence-corrected chi connectivity index (χ3v) is 9.27. The first-order valence-electron chi connectivity index (χ1n) is 15.6. The smallest absolute Gasteiger partial charge is 0.416 e. The maximum Gasteiger partial charge on any atom is 0.416 e. The lowest BCUT2D eigenvalue weighted by atomic mass is 9.58. The molecular weight excluding hydrogens is 611 g/mol. The van der Waals surface area contributed by atoms with Crippen molar-refractivity contribution in [3.63, 3.8) is 0 Å². The van der Waals surface area contributed by atoms with Crippen LogP contribution in [0.5, 0.6) is 0 Å². The molecule has 3 aliphatic rings. The maximum absolute atomic E-state index is 14.5. The van der Waals surface area contributed by atoms with E-state index in [-0.39, 0.29) is 36.2 Å². The number of benzene rings is 2. The van der Waals surface area contributed by atoms with E-state index in [0.29, 0.717) is 29.4 Å². The van der Waals surface area contributed by atoms with Gasteiger partial charge in [0.25, 0.3) is 5.91 Å². The van der Waals surface area contributed by atoms with Crippen LogP contribution in [0.4, 0.5) is 23.7 Å². The molecule has 1 aliphatic carbocycles. The fraction of sp³-hybridized carbons (Fsp3) is 0.441. The van der Waals surface area contributed by atoms with Gasteiger partial charge in [-0.1, -0.05) is 19.1 Å². The highest BCUT2D eigenvalue weighted by Gasteiger charge is 2.48. The number of hydrogen-bond donors (Lipinski definition) is 0. The second-order valence-corrected chi connectivity index (χ2v) is 14.1. The van der Waals surface area contributed by atoms with Crippen molar-refractivity contribution in [3.05, 3.63) is 93.8 Å². The van der Waals surface area contributed by atoms with E-state index < -0.39 is 29.3 Å². The van der Waals surface area contributed by atoms with Crippen LogP contribution in [0.25, 0.3) is 0 Å². The first-order chi connectivity index (χ1) is 22.1. The molecule has 0 radical (unpaired) electrons. The van der Waals surface area contributed by atoms with E-state index >= 15 is 0 Å². The van der Waals surface area contributed by atoms with Crippen molar-refractivity contribution in [3.8, 4) is 0 Å². The van der Waals surface area contributed by atoms with Crippen LogP contribution in [0.15, 0.2) is 48.9 Å². The number of aromatic nitrogens is 5. The van der Waals surface area contributed by atoms with Crippen LogP contribution in [-0.2, 0) is 49.6 Å². The molecule has 2 aromatic heterocycles. The highest BCUT2D eigenvalue weighted by Crippen LogP contribution is 2.52. The van der Waals surface area contributed by atoms with E-state index in [9.17, 15) is 22.8 Å². The second kappa shape index (κ2) is 10.7. The van der Waals surface area contributed by atoms with Gasteiger partial charge in [-0.2, -0.15) is 18.3 Å². The summed E-state index contributed by atoms with van der Waals surface area (Å²) in [5.74, 6) is 0.825. The Morgan fingerprint density at radius 3 is 2.49 bits per heavy atom. The summed E-state index contributed by atoms with van der Waals surface area (Å²) >= 11 is 0. The van der Waals surface area contributed by atoms with E-state index in [0.717, 1.165) is 35.9 Å². The molecular formula is C34H36F3N7O3. The molecule has 0 saturated heterocycles. The molecule has 1 fully saturated rings. The minimum atomic E-state index is -4.66. The Labute approximate surface area is 270 Å². The molecule has 0 N–H and O–H groups in total. The Bertz CT molecular complexity index is 1880. The van der Waals surface area contributed by atoms with Gasteiger partial charge < -0.3 is 14.2 Å². The largest absolute Gasteiger partial charge is 0.444 e. The Hall–Kier alpha value is -4.68. The van der Waals surface area contributed by atoms with Crippen LogP contribution in [0.3, 0.4) is 0 Å². The second-order valence-electron chi connectivity index (χ2n) is 14.1. The van der Waals surface area contributed by atoms with Crippen LogP contribution < -0.4 is 4.90 Å². The van der Waals surface area contributed by atoms with Crippen molar-refractivity contribution in [2.45, 2.75) is 83.9 Å². The average Bonchev–Trinajstić information content (AvgIpc) is 3.73. The molecule has 4 aromatic rings. The summed E-state index contributed by atoms with van der Waals surface area (Å²) in [6.45, 7) is 7.95. The van der Waals surface area contributed by atoms with Gasteiger partial charge in [-0.15, -0.1) is 10.2 Å². The number of hydrogen-bond acceptors (Lipinski definition) is 6. The van der Waals surface area contributed by atoms with Crippen LogP contribution in [-0.4, -0.2) is 47.0 Å². The number of halogens is 3. The highest BCUT2D eigenvalue weighted by molar-refractivity contribution is 6.10. The molecule has 13 heteroatoms. The molecule has 2 aliphatic heterocycles. The molecule has 0 atom stereocenters. The Morgan fingerprint density at radius 2 is 1.85 bits per heavy atom. The molecule has 246 valence electrons. The Morgan fingerprint density at radius 1 is 1.09 bits per heavy atom. The van der Waals surface area contributed by atoms with Gasteiger partial charge in [0, 0.05) is 30.1 Å². The number of carbonyl (C=O) groups excluding carboxylic acids is 2. The van der Waals surface area contributed by atoms with Crippen LogP contribution in [0, 0.1) is 5.92 Å². The van der Waals surface area contributed by atoms with Gasteiger partial charge in [0.1, 0.15) is 17.8 Å². The van der Waals surface area contributed by atoms with Gasteiger partial charge in [-0.25, -0.2) is 4.79 Å². The standard InChI is InChI=1S/C34H36F3N7O3/c1-20-12-33(13-20,30-39-38-19-41(30)5)23-7-6-8-24(11-23)44-17-26-25(29(44)45)9-21(10-27(26)34(35,36)37)14-43-16-22-15-42(18-28(22)40-43)31(46)47-32(2,3)4/h6-11,16,19-20H,12-15,17-18H2,1-5H3. The molecule has 0 spiro atoms. The summed E-state index contributed by atoms with van der Waals surface area (Å²) < 4.78 is 52.3. The zero-order chi connectivity index (χ0) is 33.5. The summed E-state index contributed by atoms with van der Waals surface area (Å²) in [6, 6.07) is 10.2. The van der Waals surface area contributed by atoms with E-state index in [4.69, 9.17) is 4.74 Å². The van der Waals surface area contributed by atoms with Gasteiger partial charge in [-0.3, -0.25) is 14.4 Å². The topological polar surface area (TPSA) is 98.4 Å². The van der Waals surface area contributed by atoms with Gasteiger partial charge in [0.05, 0.1) is 42.9 Å². The van der Waals surface area contributed by atoms with Crippen molar-refractivity contribution in [2.75, 3.05) is 4.90 Å². The van der Waals surface area contributed by atoms with Crippen LogP contribution in [0.2, 0.25) is 0 Å². The summed E-state index contributed by atoms with van der Waals surface area (Å²) in [6.07, 6.45) is -0.00139. The maximum atomic E-state index is 14.5. The van der Waals surface area contributed by atoms with Crippen molar-refractivity contribution in [1.29, 1.82) is 0 Å². The number of nitrogens with zero attached hydrogens (tertiary/aromatic N) is 7. The lowest BCUT2D eigenvalue weighted by Crippen LogP contribution is -2.43. The van der Waals surface area contributed by atoms with E-state index in [1.807, 2.05) is 29.8 Å². The number of carbonyl (C=O) groups is 2. The molecule has 7 rings (SSSR count). The average molecular weight is 648 g/mol. The Kier molecular flexibility index (Phi) is 7.03. The quantitative estimate of drug-likeness (QED) is 0.256. The molecule has 2 amide bonds. The molecule has 2 aromatic carbocycles. The van der Waals surface area contributed by atoms with E-state index in [1.54, 1.807) is 50.1 Å². The predicted octanol–water partition coefficient (Wildman–Crippen LogP) is 6.21. The van der Waals surface area contributed by atoms with Crippen molar-refractivity contribution in [2.24, 2.45) is 13.0 Å². The number of fused-ring (bicyclic) bond motifs is 2. The van der Waals surface area contributed by atoms with Crippen molar-refractivity contribution in [1.82, 2.24) is 29.4 Å². The number of anilines is 1. The van der Waals surface area contributed by atoms with E-state index in [1.165, 1.54) is 9.80 Å². The molecule has 47 heavy (non-hydrogen) atoms. The SMILES string of the molecule is CC1CC(c2cccc(N3Cc4c(cc(Cn5cc6c(n5)CN(C(=O)OC(C)(C)C)C6)cc4C(F)(F)F)C3=O)c2)(c2nncn2C)C1. The van der Waals surface area contributed by atoms with Crippen LogP contribution >= 0.6 is 0 Å². The van der Waals surface area contributed by atoms with Crippen molar-refractivity contribution < 1.29 is 27.5 Å². The zero-order valence-electron chi connectivity index (χ0n) is 26.9. The van der Waals surface area contributed by atoms with E-state index in [2.05, 4.69) is 22.2 Å². The summed E-state index contributed by atoms with van der Waals surface area (Å²) in [7, 11) is 1.90. The molecule has 10 nitrogen and oxygen atoms in total. The fourth-order valence-corrected chi connectivity index (χ4v) is 7.32. The summed E-state index contributed by atoms with van der Waals surface area (Å²) in [5, 5.41) is 13.0. The number of rotatable bonds is 5. The molecule has 4 heterocycles. The number of alkyl halides is 3. The number of aryl methyl sites for hydroxylation is 1.